The second kappa shape index (κ2) is 20.3. The molecule has 6 aromatic carbocycles. The Hall–Kier alpha value is -8.55. The average Bonchev–Trinajstić information content (AvgIpc) is 4.27. The molecule has 4 atom stereocenters. The van der Waals surface area contributed by atoms with Gasteiger partial charge in [-0.3, -0.25) is 32.8 Å². The summed E-state index contributed by atoms with van der Waals surface area (Å²) in [7, 11) is 3.22. The number of carboxylic acid groups (broad SMARTS) is 1. The summed E-state index contributed by atoms with van der Waals surface area (Å²) in [5, 5.41) is 39.1. The molecule has 0 radical (unpaired) electrons. The molecule has 18 heteroatoms. The number of carbonyl (C=O) groups is 5. The maximum absolute atomic E-state index is 13.0. The van der Waals surface area contributed by atoms with Crippen molar-refractivity contribution < 1.29 is 39.3 Å². The van der Waals surface area contributed by atoms with Gasteiger partial charge in [-0.1, -0.05) is 95.5 Å². The van der Waals surface area contributed by atoms with Crippen molar-refractivity contribution in [3.63, 3.8) is 0 Å². The van der Waals surface area contributed by atoms with Crippen molar-refractivity contribution in [1.82, 2.24) is 40.0 Å². The maximum Gasteiger partial charge on any atom is 0.290 e. The normalized spacial score (nSPS) is 16.4. The van der Waals surface area contributed by atoms with Crippen molar-refractivity contribution in [2.75, 3.05) is 14.1 Å². The summed E-state index contributed by atoms with van der Waals surface area (Å²) in [6.07, 6.45) is 3.75. The second-order valence-corrected chi connectivity index (χ2v) is 19.4. The standard InChI is InChI=1S/2C27H22N4O3S.CH2O2/c2*1-28-25(33)16-8-6-15(7-9-16)20-14-31-21-11-10-18(13-23(21)35-27(31)29-20)26(34)30-24-19-5-3-2-4-17(19)12-22(24)32;2-1-3/h2*2-11,13-14,22,24,32H,12H2,1H3,(H,28,33)(H,30,34);1H,(H,2,3)/t2*22-,24+;/m11./s1. The van der Waals surface area contributed by atoms with Crippen molar-refractivity contribution in [2.45, 2.75) is 37.1 Å². The first-order valence-electron chi connectivity index (χ1n) is 23.1. The fourth-order valence-corrected chi connectivity index (χ4v) is 11.5. The highest BCUT2D eigenvalue weighted by Gasteiger charge is 2.33. The van der Waals surface area contributed by atoms with E-state index in [0.717, 1.165) is 75.1 Å². The highest BCUT2D eigenvalue weighted by molar-refractivity contribution is 7.24. The molecule has 0 bridgehead atoms. The molecule has 0 fully saturated rings. The monoisotopic (exact) mass is 1010 g/mol. The highest BCUT2D eigenvalue weighted by atomic mass is 32.1. The number of hydrogen-bond acceptors (Lipinski definition) is 11. The zero-order valence-electron chi connectivity index (χ0n) is 39.1. The molecule has 16 nitrogen and oxygen atoms in total. The van der Waals surface area contributed by atoms with Crippen LogP contribution in [0.2, 0.25) is 0 Å². The van der Waals surface area contributed by atoms with Gasteiger partial charge in [0.15, 0.2) is 9.92 Å². The van der Waals surface area contributed by atoms with Gasteiger partial charge >= 0.3 is 0 Å². The molecule has 4 heterocycles. The Kier molecular flexibility index (Phi) is 13.4. The summed E-state index contributed by atoms with van der Waals surface area (Å²) in [6.45, 7) is -0.250. The van der Waals surface area contributed by atoms with Gasteiger partial charge in [0, 0.05) is 72.7 Å². The molecule has 0 unspecified atom stereocenters. The third-order valence-electron chi connectivity index (χ3n) is 13.0. The van der Waals surface area contributed by atoms with Crippen LogP contribution in [0.5, 0.6) is 0 Å². The number of nitrogens with one attached hydrogen (secondary N) is 4. The number of fused-ring (bicyclic) bond motifs is 8. The fraction of sp³-hybridized carbons (Fsp3) is 0.145. The lowest BCUT2D eigenvalue weighted by molar-refractivity contribution is -0.122. The third-order valence-corrected chi connectivity index (χ3v) is 15.1. The van der Waals surface area contributed by atoms with Crippen LogP contribution in [0.3, 0.4) is 0 Å². The van der Waals surface area contributed by atoms with Gasteiger partial charge in [0.05, 0.1) is 56.1 Å². The predicted molar refractivity (Wildman–Crippen MR) is 280 cm³/mol. The molecule has 10 aromatic rings. The number of nitrogens with zero attached hydrogens (tertiary/aromatic N) is 4. The van der Waals surface area contributed by atoms with E-state index in [0.29, 0.717) is 35.1 Å². The van der Waals surface area contributed by atoms with E-state index < -0.39 is 24.3 Å². The molecule has 0 spiro atoms. The zero-order chi connectivity index (χ0) is 50.9. The molecule has 0 saturated heterocycles. The van der Waals surface area contributed by atoms with Crippen LogP contribution in [0.15, 0.2) is 146 Å². The van der Waals surface area contributed by atoms with Crippen LogP contribution in [0, 0.1) is 0 Å². The highest BCUT2D eigenvalue weighted by Crippen LogP contribution is 2.35. The van der Waals surface area contributed by atoms with Gasteiger partial charge in [0.1, 0.15) is 0 Å². The van der Waals surface area contributed by atoms with Crippen LogP contribution in [0.25, 0.3) is 52.9 Å². The summed E-state index contributed by atoms with van der Waals surface area (Å²) < 4.78 is 5.93. The minimum absolute atomic E-state index is 0.125. The smallest absolute Gasteiger partial charge is 0.290 e. The summed E-state index contributed by atoms with van der Waals surface area (Å²) in [5.41, 5.74) is 11.8. The number of aromatic nitrogens is 4. The van der Waals surface area contributed by atoms with Crippen LogP contribution in [-0.2, 0) is 17.6 Å². The van der Waals surface area contributed by atoms with Gasteiger partial charge in [0.25, 0.3) is 30.1 Å². The number of benzene rings is 6. The molecule has 4 aromatic heterocycles. The van der Waals surface area contributed by atoms with Crippen LogP contribution < -0.4 is 21.3 Å². The molecule has 366 valence electrons. The van der Waals surface area contributed by atoms with Crippen LogP contribution in [-0.4, -0.2) is 90.5 Å². The van der Waals surface area contributed by atoms with Crippen molar-refractivity contribution in [2.24, 2.45) is 0 Å². The van der Waals surface area contributed by atoms with Crippen LogP contribution >= 0.6 is 22.7 Å². The zero-order valence-corrected chi connectivity index (χ0v) is 40.8. The largest absolute Gasteiger partial charge is 0.483 e. The van der Waals surface area contributed by atoms with Gasteiger partial charge in [0.2, 0.25) is 0 Å². The van der Waals surface area contributed by atoms with Crippen molar-refractivity contribution >= 4 is 83.1 Å². The topological polar surface area (TPSA) is 229 Å². The van der Waals surface area contributed by atoms with E-state index in [1.165, 1.54) is 22.7 Å². The summed E-state index contributed by atoms with van der Waals surface area (Å²) in [6, 6.07) is 40.7. The summed E-state index contributed by atoms with van der Waals surface area (Å²) in [5.74, 6) is -0.675. The number of hydrogen-bond donors (Lipinski definition) is 7. The first kappa shape index (κ1) is 48.1. The lowest BCUT2D eigenvalue weighted by Gasteiger charge is -2.18. The molecule has 7 N–H and O–H groups in total. The van der Waals surface area contributed by atoms with Gasteiger partial charge in [-0.2, -0.15) is 0 Å². The van der Waals surface area contributed by atoms with E-state index in [4.69, 9.17) is 19.9 Å². The molecule has 12 rings (SSSR count). The van der Waals surface area contributed by atoms with E-state index in [2.05, 4.69) is 21.3 Å². The van der Waals surface area contributed by atoms with Crippen LogP contribution in [0.4, 0.5) is 0 Å². The van der Waals surface area contributed by atoms with Crippen molar-refractivity contribution in [3.8, 4) is 22.5 Å². The minimum atomic E-state index is -0.631. The molecule has 73 heavy (non-hydrogen) atoms. The number of rotatable bonds is 8. The number of carbonyl (C=O) groups excluding carboxylic acids is 4. The van der Waals surface area contributed by atoms with E-state index in [-0.39, 0.29) is 30.1 Å². The van der Waals surface area contributed by atoms with Crippen molar-refractivity contribution in [3.05, 3.63) is 190 Å². The van der Waals surface area contributed by atoms with Gasteiger partial charge in [-0.15, -0.1) is 0 Å². The predicted octanol–water partition coefficient (Wildman–Crippen LogP) is 7.63. The lowest BCUT2D eigenvalue weighted by Crippen LogP contribution is -2.33. The van der Waals surface area contributed by atoms with E-state index in [1.807, 2.05) is 118 Å². The number of aliphatic hydroxyl groups excluding tert-OH is 2. The maximum atomic E-state index is 13.0. The number of imidazole rings is 2. The molecule has 0 aliphatic heterocycles. The number of aliphatic hydroxyl groups is 2. The molecular formula is C55H46N8O8S2. The summed E-state index contributed by atoms with van der Waals surface area (Å²) in [4.78, 5) is 69.1. The van der Waals surface area contributed by atoms with E-state index in [9.17, 15) is 29.4 Å². The average molecular weight is 1010 g/mol. The van der Waals surface area contributed by atoms with E-state index in [1.54, 1.807) is 50.5 Å². The van der Waals surface area contributed by atoms with Gasteiger partial charge < -0.3 is 36.6 Å². The minimum Gasteiger partial charge on any atom is -0.483 e. The molecule has 2 aliphatic carbocycles. The quantitative estimate of drug-likeness (QED) is 0.0737. The Morgan fingerprint density at radius 1 is 0.548 bits per heavy atom. The van der Waals surface area contributed by atoms with Gasteiger partial charge in [-0.05, 0) is 82.9 Å². The molecule has 4 amide bonds. The number of thiazole rings is 2. The Morgan fingerprint density at radius 2 is 0.918 bits per heavy atom. The molecule has 2 aliphatic rings. The summed E-state index contributed by atoms with van der Waals surface area (Å²) >= 11 is 3.02. The Morgan fingerprint density at radius 3 is 1.30 bits per heavy atom. The number of amides is 4. The Bertz CT molecular complexity index is 3510. The lowest BCUT2D eigenvalue weighted by atomic mass is 10.1. The first-order valence-corrected chi connectivity index (χ1v) is 24.8. The molecule has 0 saturated carbocycles. The molecular weight excluding hydrogens is 965 g/mol. The third kappa shape index (κ3) is 9.42. The first-order chi connectivity index (χ1) is 35.4. The SMILES string of the molecule is CNC(=O)c1ccc(-c2cn3c(n2)sc2cc(C(=O)N[C@H]4c5ccccc5C[C@H]4O)ccc23)cc1.CNC(=O)c1ccc(-c2cn3c(n2)sc2cc(C(=O)N[C@H]4c5ccccc5C[C@H]4O)ccc23)cc1.O=CO. The second-order valence-electron chi connectivity index (χ2n) is 17.4. The van der Waals surface area contributed by atoms with E-state index >= 15 is 0 Å². The van der Waals surface area contributed by atoms with Gasteiger partial charge in [-0.25, -0.2) is 9.97 Å². The Balaban J connectivity index is 0.000000159. The Labute approximate surface area is 424 Å². The van der Waals surface area contributed by atoms with Crippen LogP contribution in [0.1, 0.15) is 75.8 Å². The fourth-order valence-electron chi connectivity index (χ4n) is 9.38. The van der Waals surface area contributed by atoms with Crippen molar-refractivity contribution in [1.29, 1.82) is 0 Å².